The molecule has 2 aliphatic rings. The first-order valence-corrected chi connectivity index (χ1v) is 16.2. The van der Waals surface area contributed by atoms with Crippen LogP contribution in [0.3, 0.4) is 0 Å². The Kier molecular flexibility index (Phi) is 9.05. The van der Waals surface area contributed by atoms with E-state index in [-0.39, 0.29) is 24.8 Å². The Morgan fingerprint density at radius 1 is 1.17 bits per heavy atom. The highest BCUT2D eigenvalue weighted by atomic mass is 32.1. The van der Waals surface area contributed by atoms with Gasteiger partial charge in [-0.15, -0.1) is 17.9 Å². The molecule has 4 unspecified atom stereocenters. The molecule has 2 aromatic heterocycles. The van der Waals surface area contributed by atoms with Crippen LogP contribution in [0.2, 0.25) is 0 Å². The second-order valence-corrected chi connectivity index (χ2v) is 14.0. The van der Waals surface area contributed by atoms with Crippen molar-refractivity contribution < 1.29 is 33.3 Å². The van der Waals surface area contributed by atoms with E-state index < -0.39 is 41.3 Å². The number of pyridine rings is 1. The molecule has 1 N–H and O–H groups in total. The number of carbonyl (C=O) groups excluding carboxylic acids is 3. The van der Waals surface area contributed by atoms with E-state index in [1.165, 1.54) is 23.3 Å². The Bertz CT molecular complexity index is 1680. The molecule has 12 heteroatoms. The topological polar surface area (TPSA) is 129 Å². The predicted octanol–water partition coefficient (Wildman–Crippen LogP) is 5.79. The first kappa shape index (κ1) is 33.2. The van der Waals surface area contributed by atoms with Crippen LogP contribution in [0.1, 0.15) is 64.6 Å². The number of esters is 1. The quantitative estimate of drug-likeness (QED) is 0.226. The maximum Gasteiger partial charge on any atom is 0.411 e. The molecule has 1 aliphatic heterocycles. The van der Waals surface area contributed by atoms with Gasteiger partial charge in [0.2, 0.25) is 5.91 Å². The lowest BCUT2D eigenvalue weighted by Gasteiger charge is -2.28. The fraction of sp³-hybridized carbons (Fsp3) is 0.500. The molecule has 4 atom stereocenters. The van der Waals surface area contributed by atoms with Crippen molar-refractivity contribution >= 4 is 40.2 Å². The molecule has 46 heavy (non-hydrogen) atoms. The van der Waals surface area contributed by atoms with E-state index >= 15 is 0 Å². The molecule has 246 valence electrons. The zero-order valence-electron chi connectivity index (χ0n) is 27.6. The van der Waals surface area contributed by atoms with Crippen LogP contribution in [0.5, 0.6) is 11.5 Å². The van der Waals surface area contributed by atoms with Crippen LogP contribution in [0.25, 0.3) is 21.6 Å². The smallest absolute Gasteiger partial charge is 0.411 e. The van der Waals surface area contributed by atoms with Crippen LogP contribution in [0, 0.1) is 12.8 Å². The molecule has 0 bridgehead atoms. The maximum absolute atomic E-state index is 13.8. The highest BCUT2D eigenvalue weighted by Gasteiger charge is 2.62. The Balaban J connectivity index is 1.50. The second kappa shape index (κ2) is 12.5. The predicted molar refractivity (Wildman–Crippen MR) is 175 cm³/mol. The van der Waals surface area contributed by atoms with Gasteiger partial charge >= 0.3 is 12.1 Å². The minimum atomic E-state index is -1.21. The number of amides is 2. The van der Waals surface area contributed by atoms with Gasteiger partial charge in [-0.25, -0.2) is 19.6 Å². The Morgan fingerprint density at radius 2 is 1.91 bits per heavy atom. The van der Waals surface area contributed by atoms with Gasteiger partial charge in [0.15, 0.2) is 0 Å². The lowest BCUT2D eigenvalue weighted by molar-refractivity contribution is -0.147. The van der Waals surface area contributed by atoms with Crippen molar-refractivity contribution in [1.29, 1.82) is 0 Å². The van der Waals surface area contributed by atoms with Gasteiger partial charge in [0, 0.05) is 34.7 Å². The number of nitrogens with one attached hydrogen (secondary N) is 1. The third-order valence-electron chi connectivity index (χ3n) is 8.38. The molecule has 1 aromatic carbocycles. The zero-order valence-corrected chi connectivity index (χ0v) is 28.4. The molecule has 0 radical (unpaired) electrons. The van der Waals surface area contributed by atoms with Crippen molar-refractivity contribution in [3.05, 3.63) is 47.5 Å². The average molecular weight is 651 g/mol. The van der Waals surface area contributed by atoms with Crippen molar-refractivity contribution in [2.24, 2.45) is 5.92 Å². The van der Waals surface area contributed by atoms with Crippen molar-refractivity contribution in [2.45, 2.75) is 83.6 Å². The van der Waals surface area contributed by atoms with Crippen LogP contribution >= 0.6 is 11.3 Å². The maximum atomic E-state index is 13.8. The zero-order chi connectivity index (χ0) is 33.6. The minimum Gasteiger partial charge on any atom is -0.496 e. The van der Waals surface area contributed by atoms with Crippen LogP contribution in [-0.2, 0) is 19.1 Å². The lowest BCUT2D eigenvalue weighted by Crippen LogP contribution is -2.53. The van der Waals surface area contributed by atoms with Gasteiger partial charge in [-0.1, -0.05) is 19.9 Å². The number of ether oxygens (including phenoxy) is 4. The number of benzene rings is 1. The molecule has 1 saturated carbocycles. The monoisotopic (exact) mass is 650 g/mol. The number of hydrogen-bond acceptors (Lipinski definition) is 10. The molecule has 3 aromatic rings. The SMILES string of the molecule is C=CC1CC1(NC(=O)C1CC(Oc2cc(-c3nc(C(C)C)cs3)nc3c(C)c(OC)ccc23)CN1C(=O)OC(C)(C)C)C(=O)OC. The van der Waals surface area contributed by atoms with E-state index in [0.717, 1.165) is 21.7 Å². The van der Waals surface area contributed by atoms with E-state index in [1.807, 2.05) is 30.5 Å². The van der Waals surface area contributed by atoms with E-state index in [2.05, 4.69) is 25.7 Å². The number of rotatable bonds is 9. The van der Waals surface area contributed by atoms with Gasteiger partial charge < -0.3 is 24.3 Å². The molecule has 5 rings (SSSR count). The van der Waals surface area contributed by atoms with Crippen molar-refractivity contribution in [2.75, 3.05) is 20.8 Å². The number of methoxy groups -OCH3 is 2. The van der Waals surface area contributed by atoms with Gasteiger partial charge in [0.05, 0.1) is 32.0 Å². The van der Waals surface area contributed by atoms with Crippen molar-refractivity contribution in [1.82, 2.24) is 20.2 Å². The van der Waals surface area contributed by atoms with E-state index in [1.54, 1.807) is 34.0 Å². The largest absolute Gasteiger partial charge is 0.496 e. The number of hydrogen-bond donors (Lipinski definition) is 1. The highest BCUT2D eigenvalue weighted by molar-refractivity contribution is 7.13. The molecule has 1 saturated heterocycles. The summed E-state index contributed by atoms with van der Waals surface area (Å²) in [6.45, 7) is 15.3. The van der Waals surface area contributed by atoms with Crippen LogP contribution in [0.15, 0.2) is 36.2 Å². The third-order valence-corrected chi connectivity index (χ3v) is 9.26. The first-order valence-electron chi connectivity index (χ1n) is 15.3. The lowest BCUT2D eigenvalue weighted by atomic mass is 10.1. The fourth-order valence-electron chi connectivity index (χ4n) is 5.80. The molecule has 3 heterocycles. The summed E-state index contributed by atoms with van der Waals surface area (Å²) in [5.74, 6) is 0.190. The molecule has 11 nitrogen and oxygen atoms in total. The number of aryl methyl sites for hydroxylation is 1. The number of thiazole rings is 1. The second-order valence-electron chi connectivity index (χ2n) is 13.1. The van der Waals surface area contributed by atoms with Crippen molar-refractivity contribution in [3.8, 4) is 22.2 Å². The fourth-order valence-corrected chi connectivity index (χ4v) is 6.74. The molecule has 2 fully saturated rings. The summed E-state index contributed by atoms with van der Waals surface area (Å²) in [7, 11) is 2.89. The van der Waals surface area contributed by atoms with E-state index in [0.29, 0.717) is 29.1 Å². The van der Waals surface area contributed by atoms with Gasteiger partial charge in [0.1, 0.15) is 45.5 Å². The average Bonchev–Trinajstić information content (AvgIpc) is 3.31. The summed E-state index contributed by atoms with van der Waals surface area (Å²) >= 11 is 1.51. The first-order chi connectivity index (χ1) is 21.7. The number of fused-ring (bicyclic) bond motifs is 1. The molecule has 1 aliphatic carbocycles. The van der Waals surface area contributed by atoms with Crippen molar-refractivity contribution in [3.63, 3.8) is 0 Å². The number of aromatic nitrogens is 2. The number of nitrogens with zero attached hydrogens (tertiary/aromatic N) is 3. The Morgan fingerprint density at radius 3 is 2.50 bits per heavy atom. The third kappa shape index (κ3) is 6.40. The standard InChI is InChI=1S/C34H42N4O7S/c1-10-20-15-34(20,31(40)43-9)37-29(39)25-13-21(16-38(25)32(41)45-33(5,6)7)44-27-14-23(30-36-24(17-46-30)18(2)3)35-28-19(4)26(42-8)12-11-22(27)28/h10-12,14,17-18,20-21,25H,1,13,15-16H2,2-9H3,(H,37,39). The van der Waals surface area contributed by atoms with Gasteiger partial charge in [0.25, 0.3) is 0 Å². The summed E-state index contributed by atoms with van der Waals surface area (Å²) < 4.78 is 22.9. The highest BCUT2D eigenvalue weighted by Crippen LogP contribution is 2.46. The van der Waals surface area contributed by atoms with E-state index in [9.17, 15) is 14.4 Å². The Labute approximate surface area is 273 Å². The number of carbonyl (C=O) groups is 3. The molecule has 0 spiro atoms. The summed E-state index contributed by atoms with van der Waals surface area (Å²) in [6, 6.07) is 4.66. The summed E-state index contributed by atoms with van der Waals surface area (Å²) in [5, 5.41) is 6.41. The van der Waals surface area contributed by atoms with Crippen LogP contribution in [0.4, 0.5) is 4.79 Å². The number of likely N-dealkylation sites (tertiary alicyclic amines) is 1. The Hall–Kier alpha value is -4.19. The van der Waals surface area contributed by atoms with E-state index in [4.69, 9.17) is 28.9 Å². The van der Waals surface area contributed by atoms with Gasteiger partial charge in [-0.3, -0.25) is 9.69 Å². The minimum absolute atomic E-state index is 0.0894. The summed E-state index contributed by atoms with van der Waals surface area (Å²) in [4.78, 5) is 51.0. The molecule has 2 amide bonds. The molecular formula is C34H42N4O7S. The molecular weight excluding hydrogens is 608 g/mol. The normalized spacial score (nSPS) is 22.5. The summed E-state index contributed by atoms with van der Waals surface area (Å²) in [6.07, 6.45) is 0.947. The van der Waals surface area contributed by atoms with Gasteiger partial charge in [-0.05, 0) is 52.2 Å². The van der Waals surface area contributed by atoms with Crippen LogP contribution < -0.4 is 14.8 Å². The summed E-state index contributed by atoms with van der Waals surface area (Å²) in [5.41, 5.74) is 1.18. The van der Waals surface area contributed by atoms with Gasteiger partial charge in [-0.2, -0.15) is 0 Å². The van der Waals surface area contributed by atoms with Crippen LogP contribution in [-0.4, -0.2) is 76.9 Å².